The molecular formula is C27H38F2. The average molecular weight is 401 g/mol. The summed E-state index contributed by atoms with van der Waals surface area (Å²) in [5.41, 5.74) is 1.78. The molecule has 1 aromatic rings. The van der Waals surface area contributed by atoms with Crippen molar-refractivity contribution in [1.82, 2.24) is 0 Å². The van der Waals surface area contributed by atoms with Crippen LogP contribution in [0.25, 0.3) is 5.57 Å². The molecule has 1 unspecified atom stereocenters. The van der Waals surface area contributed by atoms with Crippen molar-refractivity contribution in [2.24, 2.45) is 17.8 Å². The average Bonchev–Trinajstić information content (AvgIpc) is 2.74. The fraction of sp³-hybridized carbons (Fsp3) is 0.630. The monoisotopic (exact) mass is 400 g/mol. The van der Waals surface area contributed by atoms with Crippen molar-refractivity contribution in [3.63, 3.8) is 0 Å². The lowest BCUT2D eigenvalue weighted by Gasteiger charge is -2.32. The van der Waals surface area contributed by atoms with Crippen LogP contribution in [0.1, 0.15) is 95.6 Å². The van der Waals surface area contributed by atoms with E-state index in [2.05, 4.69) is 26.0 Å². The molecular weight excluding hydrogens is 362 g/mol. The zero-order valence-corrected chi connectivity index (χ0v) is 18.4. The molecule has 160 valence electrons. The minimum absolute atomic E-state index is 0.418. The predicted octanol–water partition coefficient (Wildman–Crippen LogP) is 8.65. The van der Waals surface area contributed by atoms with Gasteiger partial charge in [-0.2, -0.15) is 0 Å². The Kier molecular flexibility index (Phi) is 8.51. The Morgan fingerprint density at radius 1 is 0.897 bits per heavy atom. The number of rotatable bonds is 9. The quantitative estimate of drug-likeness (QED) is 0.364. The van der Waals surface area contributed by atoms with Crippen LogP contribution in [0, 0.1) is 29.4 Å². The van der Waals surface area contributed by atoms with Crippen LogP contribution in [-0.2, 0) is 6.42 Å². The first-order chi connectivity index (χ1) is 14.1. The Bertz CT molecular complexity index is 707. The maximum Gasteiger partial charge on any atom is 0.166 e. The molecule has 3 rings (SSSR count). The van der Waals surface area contributed by atoms with Crippen LogP contribution in [0.4, 0.5) is 8.78 Å². The molecule has 0 bridgehead atoms. The van der Waals surface area contributed by atoms with Crippen molar-refractivity contribution < 1.29 is 8.78 Å². The van der Waals surface area contributed by atoms with Crippen molar-refractivity contribution in [2.45, 2.75) is 90.9 Å². The van der Waals surface area contributed by atoms with Crippen LogP contribution in [0.5, 0.6) is 0 Å². The summed E-state index contributed by atoms with van der Waals surface area (Å²) in [4.78, 5) is 0. The van der Waals surface area contributed by atoms with Gasteiger partial charge in [-0.25, -0.2) is 8.78 Å². The summed E-state index contributed by atoms with van der Waals surface area (Å²) in [6.45, 7) is 4.55. The Morgan fingerprint density at radius 3 is 2.31 bits per heavy atom. The summed E-state index contributed by atoms with van der Waals surface area (Å²) in [6.07, 6.45) is 20.2. The summed E-state index contributed by atoms with van der Waals surface area (Å²) < 4.78 is 29.4. The second-order valence-corrected chi connectivity index (χ2v) is 9.36. The molecule has 1 saturated carbocycles. The zero-order chi connectivity index (χ0) is 20.6. The van der Waals surface area contributed by atoms with Gasteiger partial charge in [0.05, 0.1) is 0 Å². The van der Waals surface area contributed by atoms with E-state index in [0.29, 0.717) is 23.5 Å². The lowest BCUT2D eigenvalue weighted by Crippen LogP contribution is -2.20. The highest BCUT2D eigenvalue weighted by atomic mass is 19.2. The fourth-order valence-corrected chi connectivity index (χ4v) is 5.00. The van der Waals surface area contributed by atoms with Crippen LogP contribution >= 0.6 is 0 Å². The number of hydrogen-bond acceptors (Lipinski definition) is 0. The molecule has 2 aliphatic rings. The van der Waals surface area contributed by atoms with Crippen molar-refractivity contribution in [3.8, 4) is 0 Å². The van der Waals surface area contributed by atoms with E-state index < -0.39 is 11.6 Å². The van der Waals surface area contributed by atoms with Gasteiger partial charge in [0.15, 0.2) is 11.6 Å². The van der Waals surface area contributed by atoms with Gasteiger partial charge in [-0.05, 0) is 61.0 Å². The second-order valence-electron chi connectivity index (χ2n) is 9.36. The molecule has 1 atom stereocenters. The number of benzene rings is 1. The van der Waals surface area contributed by atoms with Crippen LogP contribution < -0.4 is 0 Å². The van der Waals surface area contributed by atoms with E-state index in [1.807, 2.05) is 6.08 Å². The standard InChI is InChI=1S/C27H38F2/c1-3-4-5-6-7-8-9-24-18-19-25(27(29)26(24)28)23-16-14-22(15-17-23)21-12-10-20(2)11-13-21/h14,16-22H,3-13,15H2,1-2H3. The number of allylic oxidation sites excluding steroid dienone is 4. The van der Waals surface area contributed by atoms with E-state index in [-0.39, 0.29) is 0 Å². The van der Waals surface area contributed by atoms with E-state index in [1.54, 1.807) is 12.1 Å². The number of unbranched alkanes of at least 4 members (excludes halogenated alkanes) is 5. The molecule has 0 amide bonds. The smallest absolute Gasteiger partial charge is 0.166 e. The van der Waals surface area contributed by atoms with Gasteiger partial charge in [-0.1, -0.05) is 89.2 Å². The van der Waals surface area contributed by atoms with E-state index in [9.17, 15) is 8.78 Å². The van der Waals surface area contributed by atoms with Crippen molar-refractivity contribution in [1.29, 1.82) is 0 Å². The third-order valence-electron chi connectivity index (χ3n) is 7.07. The molecule has 1 fully saturated rings. The molecule has 2 aliphatic carbocycles. The summed E-state index contributed by atoms with van der Waals surface area (Å²) in [5.74, 6) is 0.854. The largest absolute Gasteiger partial charge is 0.203 e. The van der Waals surface area contributed by atoms with Gasteiger partial charge in [-0.15, -0.1) is 0 Å². The van der Waals surface area contributed by atoms with Gasteiger partial charge < -0.3 is 0 Å². The minimum Gasteiger partial charge on any atom is -0.203 e. The highest BCUT2D eigenvalue weighted by Gasteiger charge is 2.26. The number of hydrogen-bond donors (Lipinski definition) is 0. The number of aryl methyl sites for hydroxylation is 1. The van der Waals surface area contributed by atoms with Gasteiger partial charge in [0.1, 0.15) is 0 Å². The van der Waals surface area contributed by atoms with E-state index >= 15 is 0 Å². The van der Waals surface area contributed by atoms with Crippen molar-refractivity contribution >= 4 is 5.57 Å². The molecule has 0 aromatic heterocycles. The Balaban J connectivity index is 1.56. The molecule has 0 radical (unpaired) electrons. The molecule has 0 aliphatic heterocycles. The molecule has 0 N–H and O–H groups in total. The Hall–Kier alpha value is -1.44. The third-order valence-corrected chi connectivity index (χ3v) is 7.07. The van der Waals surface area contributed by atoms with Gasteiger partial charge in [-0.3, -0.25) is 0 Å². The summed E-state index contributed by atoms with van der Waals surface area (Å²) >= 11 is 0. The Labute approximate surface area is 176 Å². The molecule has 0 nitrogen and oxygen atoms in total. The van der Waals surface area contributed by atoms with Gasteiger partial charge in [0.2, 0.25) is 0 Å². The SMILES string of the molecule is CCCCCCCCc1ccc(C2=CCC(C3CCC(C)CC3)C=C2)c(F)c1F. The lowest BCUT2D eigenvalue weighted by atomic mass is 9.73. The van der Waals surface area contributed by atoms with Crippen molar-refractivity contribution in [3.05, 3.63) is 53.1 Å². The first-order valence-corrected chi connectivity index (χ1v) is 12.0. The van der Waals surface area contributed by atoms with Gasteiger partial charge in [0, 0.05) is 5.56 Å². The topological polar surface area (TPSA) is 0 Å². The minimum atomic E-state index is -0.672. The van der Waals surface area contributed by atoms with Gasteiger partial charge >= 0.3 is 0 Å². The zero-order valence-electron chi connectivity index (χ0n) is 18.4. The molecule has 0 heterocycles. The van der Waals surface area contributed by atoms with E-state index in [0.717, 1.165) is 36.7 Å². The number of halogens is 2. The first kappa shape index (κ1) is 22.2. The summed E-state index contributed by atoms with van der Waals surface area (Å²) in [6, 6.07) is 3.58. The van der Waals surface area contributed by atoms with Crippen LogP contribution in [0.3, 0.4) is 0 Å². The highest BCUT2D eigenvalue weighted by molar-refractivity contribution is 5.75. The maximum atomic E-state index is 14.8. The third kappa shape index (κ3) is 6.03. The molecule has 1 aromatic carbocycles. The summed E-state index contributed by atoms with van der Waals surface area (Å²) in [5, 5.41) is 0. The molecule has 0 saturated heterocycles. The van der Waals surface area contributed by atoms with Crippen LogP contribution in [-0.4, -0.2) is 0 Å². The van der Waals surface area contributed by atoms with E-state index in [4.69, 9.17) is 0 Å². The highest BCUT2D eigenvalue weighted by Crippen LogP contribution is 2.38. The maximum absolute atomic E-state index is 14.8. The molecule has 2 heteroatoms. The van der Waals surface area contributed by atoms with Crippen LogP contribution in [0.15, 0.2) is 30.4 Å². The molecule has 0 spiro atoms. The molecule has 29 heavy (non-hydrogen) atoms. The fourth-order valence-electron chi connectivity index (χ4n) is 5.00. The second kappa shape index (κ2) is 11.1. The first-order valence-electron chi connectivity index (χ1n) is 12.0. The van der Waals surface area contributed by atoms with E-state index in [1.165, 1.54) is 51.4 Å². The Morgan fingerprint density at radius 2 is 1.62 bits per heavy atom. The van der Waals surface area contributed by atoms with Gasteiger partial charge in [0.25, 0.3) is 0 Å². The predicted molar refractivity (Wildman–Crippen MR) is 120 cm³/mol. The van der Waals surface area contributed by atoms with Crippen LogP contribution in [0.2, 0.25) is 0 Å². The lowest BCUT2D eigenvalue weighted by molar-refractivity contribution is 0.240. The van der Waals surface area contributed by atoms with Crippen molar-refractivity contribution in [2.75, 3.05) is 0 Å². The normalized spacial score (nSPS) is 24.6. The summed E-state index contributed by atoms with van der Waals surface area (Å²) in [7, 11) is 0.